The molecule has 0 amide bonds. The van der Waals surface area contributed by atoms with Gasteiger partial charge in [0.2, 0.25) is 0 Å². The van der Waals surface area contributed by atoms with Gasteiger partial charge in [-0.1, -0.05) is 84.9 Å². The third-order valence-corrected chi connectivity index (χ3v) is 14.5. The highest BCUT2D eigenvalue weighted by Gasteiger charge is 2.18. The van der Waals surface area contributed by atoms with E-state index in [4.69, 9.17) is 0 Å². The number of phenols is 4. The Kier molecular flexibility index (Phi) is 21.9. The number of hydrogen-bond donors (Lipinski definition) is 4. The smallest absolute Gasteiger partial charge is 0.193 e. The Balaban J connectivity index is 0.000000150. The van der Waals surface area contributed by atoms with E-state index in [1.807, 2.05) is 0 Å². The summed E-state index contributed by atoms with van der Waals surface area (Å²) < 4.78 is 51.7. The maximum Gasteiger partial charge on any atom is 0.193 e. The van der Waals surface area contributed by atoms with Gasteiger partial charge < -0.3 is 20.4 Å². The average molecular weight is 1280 g/mol. The Labute approximate surface area is 546 Å². The van der Waals surface area contributed by atoms with Crippen molar-refractivity contribution in [3.05, 3.63) is 403 Å². The normalized spacial score (nSPS) is 10.4. The SMILES string of the molecule is O=C(c1ccc(F)cc1)c1ccc(C(=O)c2ccc(F)cc2)cc1.O=C(c1ccc(F)cc1)c1cccc(C(=O)c2ccc(F)cc2)c1.O=C(c1ccc(O)cc1)c1ccc(C(=O)c2ccc(O)cc2)cc1.O=C(c1ccc(O)cc1)c1cccc(C(=O)c2ccc(O)cc2)c1. The summed E-state index contributed by atoms with van der Waals surface area (Å²) in [5, 5.41) is 37.1. The molecule has 12 aromatic rings. The van der Waals surface area contributed by atoms with Crippen LogP contribution >= 0.6 is 0 Å². The van der Waals surface area contributed by atoms with E-state index in [-0.39, 0.29) is 69.3 Å². The highest BCUT2D eigenvalue weighted by atomic mass is 19.1. The van der Waals surface area contributed by atoms with Crippen LogP contribution in [0.15, 0.2) is 291 Å². The van der Waals surface area contributed by atoms with Crippen molar-refractivity contribution < 1.29 is 76.3 Å². The van der Waals surface area contributed by atoms with Crippen molar-refractivity contribution in [2.75, 3.05) is 0 Å². The molecule has 0 saturated heterocycles. The molecule has 0 spiro atoms. The first-order valence-corrected chi connectivity index (χ1v) is 29.1. The molecule has 0 heterocycles. The summed E-state index contributed by atoms with van der Waals surface area (Å²) in [5.41, 5.74) is 6.37. The van der Waals surface area contributed by atoms with Crippen molar-refractivity contribution in [3.8, 4) is 23.0 Å². The Morgan fingerprint density at radius 1 is 0.167 bits per heavy atom. The second-order valence-corrected chi connectivity index (χ2v) is 21.2. The molecule has 0 aromatic heterocycles. The molecule has 0 aliphatic heterocycles. The van der Waals surface area contributed by atoms with Crippen LogP contribution in [0.2, 0.25) is 0 Å². The van der Waals surface area contributed by atoms with Gasteiger partial charge in [-0.05, 0) is 206 Å². The summed E-state index contributed by atoms with van der Waals surface area (Å²) >= 11 is 0. The van der Waals surface area contributed by atoms with Gasteiger partial charge in [-0.25, -0.2) is 17.6 Å². The van der Waals surface area contributed by atoms with Gasteiger partial charge in [0.15, 0.2) is 46.3 Å². The topological polar surface area (TPSA) is 217 Å². The van der Waals surface area contributed by atoms with Crippen LogP contribution in [0.1, 0.15) is 127 Å². The lowest BCUT2D eigenvalue weighted by Gasteiger charge is -2.05. The Bertz CT molecular complexity index is 4180. The largest absolute Gasteiger partial charge is 0.508 e. The first kappa shape index (κ1) is 67.3. The molecule has 16 heteroatoms. The van der Waals surface area contributed by atoms with Crippen LogP contribution in [0.5, 0.6) is 23.0 Å². The number of halogens is 4. The second kappa shape index (κ2) is 31.3. The summed E-state index contributed by atoms with van der Waals surface area (Å²) in [4.78, 5) is 99.1. The standard InChI is InChI=1S/2C20H12F2O2.2C20H14O4/c21-17-9-5-15(6-10-17)19(23)13-1-2-14(4-3-13)20(24)16-7-11-18(22)12-8-16;21-17-8-4-13(5-9-17)19(23)15-2-1-3-16(12-15)20(24)14-6-10-18(22)11-7-14;21-17-9-5-15(6-10-17)19(23)13-1-2-14(4-3-13)20(24)16-7-11-18(22)12-8-16;21-17-8-4-13(5-9-17)19(23)15-2-1-3-16(12-15)20(24)14-6-10-18(22)11-7-14/h2*1-12H;2*1-12,21-22H. The molecular formula is C80H52F4O12. The number of phenolic OH excluding ortho intramolecular Hbond substituents is 4. The maximum absolute atomic E-state index is 13.0. The predicted octanol–water partition coefficient (Wildman–Crippen LogP) is 16.0. The Morgan fingerprint density at radius 2 is 0.281 bits per heavy atom. The zero-order valence-corrected chi connectivity index (χ0v) is 50.3. The molecule has 0 saturated carbocycles. The van der Waals surface area contributed by atoms with Crippen molar-refractivity contribution in [1.29, 1.82) is 0 Å². The van der Waals surface area contributed by atoms with Crippen LogP contribution in [0.25, 0.3) is 0 Å². The monoisotopic (exact) mass is 1280 g/mol. The fourth-order valence-corrected chi connectivity index (χ4v) is 9.34. The van der Waals surface area contributed by atoms with Crippen LogP contribution < -0.4 is 0 Å². The predicted molar refractivity (Wildman–Crippen MR) is 351 cm³/mol. The molecule has 0 unspecified atom stereocenters. The van der Waals surface area contributed by atoms with E-state index in [1.165, 1.54) is 176 Å². The van der Waals surface area contributed by atoms with Gasteiger partial charge in [0.25, 0.3) is 0 Å². The average Bonchev–Trinajstić information content (AvgIpc) is 0.934. The van der Waals surface area contributed by atoms with Crippen molar-refractivity contribution in [2.45, 2.75) is 0 Å². The molecule has 0 fully saturated rings. The minimum Gasteiger partial charge on any atom is -0.508 e. The van der Waals surface area contributed by atoms with Crippen LogP contribution in [0.4, 0.5) is 17.6 Å². The molecule has 0 aliphatic carbocycles. The molecule has 12 rings (SSSR count). The fourth-order valence-electron chi connectivity index (χ4n) is 9.34. The van der Waals surface area contributed by atoms with E-state index in [9.17, 15) is 76.3 Å². The third-order valence-electron chi connectivity index (χ3n) is 14.5. The van der Waals surface area contributed by atoms with E-state index < -0.39 is 23.3 Å². The maximum atomic E-state index is 13.0. The van der Waals surface area contributed by atoms with Crippen molar-refractivity contribution in [2.24, 2.45) is 0 Å². The molecular weight excluding hydrogens is 1230 g/mol. The van der Waals surface area contributed by atoms with Gasteiger partial charge in [-0.2, -0.15) is 0 Å². The molecule has 472 valence electrons. The highest BCUT2D eigenvalue weighted by molar-refractivity contribution is 6.16. The van der Waals surface area contributed by atoms with Gasteiger partial charge in [-0.3, -0.25) is 38.4 Å². The molecule has 12 aromatic carbocycles. The molecule has 0 atom stereocenters. The van der Waals surface area contributed by atoms with Gasteiger partial charge >= 0.3 is 0 Å². The van der Waals surface area contributed by atoms with Crippen LogP contribution in [0.3, 0.4) is 0 Å². The lowest BCUT2D eigenvalue weighted by atomic mass is 9.97. The molecule has 12 nitrogen and oxygen atoms in total. The number of carbonyl (C=O) groups excluding carboxylic acids is 8. The van der Waals surface area contributed by atoms with Gasteiger partial charge in [0.05, 0.1) is 0 Å². The van der Waals surface area contributed by atoms with Gasteiger partial charge in [-0.15, -0.1) is 0 Å². The number of carbonyl (C=O) groups is 8. The van der Waals surface area contributed by atoms with E-state index in [2.05, 4.69) is 0 Å². The summed E-state index contributed by atoms with van der Waals surface area (Å²) in [6.07, 6.45) is 0. The number of ketones is 8. The highest BCUT2D eigenvalue weighted by Crippen LogP contribution is 2.23. The van der Waals surface area contributed by atoms with Crippen molar-refractivity contribution in [1.82, 2.24) is 0 Å². The summed E-state index contributed by atoms with van der Waals surface area (Å²) in [7, 11) is 0. The Morgan fingerprint density at radius 3 is 0.427 bits per heavy atom. The van der Waals surface area contributed by atoms with Crippen LogP contribution in [-0.4, -0.2) is 66.7 Å². The van der Waals surface area contributed by atoms with Gasteiger partial charge in [0, 0.05) is 89.0 Å². The number of rotatable bonds is 16. The number of hydrogen-bond acceptors (Lipinski definition) is 12. The summed E-state index contributed by atoms with van der Waals surface area (Å²) in [6, 6.07) is 70.2. The number of aromatic hydroxyl groups is 4. The Hall–Kier alpha value is -13.1. The lowest BCUT2D eigenvalue weighted by molar-refractivity contribution is 0.102. The van der Waals surface area contributed by atoms with Crippen molar-refractivity contribution >= 4 is 46.3 Å². The lowest BCUT2D eigenvalue weighted by Crippen LogP contribution is -2.06. The minimum atomic E-state index is -0.424. The van der Waals surface area contributed by atoms with Gasteiger partial charge in [0.1, 0.15) is 46.3 Å². The summed E-state index contributed by atoms with van der Waals surface area (Å²) in [5.74, 6) is -3.23. The summed E-state index contributed by atoms with van der Waals surface area (Å²) in [6.45, 7) is 0. The van der Waals surface area contributed by atoms with Crippen LogP contribution in [-0.2, 0) is 0 Å². The molecule has 0 radical (unpaired) electrons. The zero-order valence-electron chi connectivity index (χ0n) is 50.3. The number of benzene rings is 12. The quantitative estimate of drug-likeness (QED) is 0.0525. The van der Waals surface area contributed by atoms with Crippen molar-refractivity contribution in [3.63, 3.8) is 0 Å². The van der Waals surface area contributed by atoms with E-state index in [1.54, 1.807) is 115 Å². The first-order valence-electron chi connectivity index (χ1n) is 29.1. The molecule has 0 bridgehead atoms. The van der Waals surface area contributed by atoms with E-state index in [0.29, 0.717) is 89.0 Å². The van der Waals surface area contributed by atoms with Crippen LogP contribution in [0, 0.1) is 23.3 Å². The first-order chi connectivity index (χ1) is 46.2. The molecule has 96 heavy (non-hydrogen) atoms. The second-order valence-electron chi connectivity index (χ2n) is 21.2. The third kappa shape index (κ3) is 17.7. The van der Waals surface area contributed by atoms with E-state index >= 15 is 0 Å². The van der Waals surface area contributed by atoms with E-state index in [0.717, 1.165) is 0 Å². The molecule has 4 N–H and O–H groups in total. The molecule has 0 aliphatic rings. The fraction of sp³-hybridized carbons (Fsp3) is 0. The minimum absolute atomic E-state index is 0.0859. The zero-order chi connectivity index (χ0) is 68.4.